The minimum atomic E-state index is -0.390. The molecule has 0 spiro atoms. The molecule has 0 saturated heterocycles. The summed E-state index contributed by atoms with van der Waals surface area (Å²) in [7, 11) is 0. The predicted molar refractivity (Wildman–Crippen MR) is 78.9 cm³/mol. The molecule has 1 unspecified atom stereocenters. The molecule has 0 saturated carbocycles. The quantitative estimate of drug-likeness (QED) is 0.537. The van der Waals surface area contributed by atoms with E-state index in [9.17, 15) is 4.39 Å². The first-order valence-electron chi connectivity index (χ1n) is 4.84. The van der Waals surface area contributed by atoms with Crippen LogP contribution in [-0.2, 0) is 0 Å². The summed E-state index contributed by atoms with van der Waals surface area (Å²) in [6.07, 6.45) is 0. The van der Waals surface area contributed by atoms with Crippen LogP contribution in [0.1, 0.15) is 20.8 Å². The molecule has 0 fully saturated rings. The maximum atomic E-state index is 13.1. The summed E-state index contributed by atoms with van der Waals surface area (Å²) in [5.74, 6) is -0.390. The second-order valence-electron chi connectivity index (χ2n) is 3.60. The van der Waals surface area contributed by atoms with Crippen LogP contribution in [-0.4, -0.2) is 0 Å². The molecule has 1 aromatic heterocycles. The lowest BCUT2D eigenvalue weighted by molar-refractivity contribution is 0.627. The fraction of sp³-hybridized carbons (Fsp3) is 0.167. The van der Waals surface area contributed by atoms with Gasteiger partial charge in [-0.15, -0.1) is 11.3 Å². The van der Waals surface area contributed by atoms with E-state index in [1.807, 2.05) is 0 Å². The standard InChI is InChI=1S/C12H8Br2ClFS/c1-6-8(5-11(13)17-6)12(14)7-2-3-10(16)9(15)4-7/h2-5,12H,1H3. The smallest absolute Gasteiger partial charge is 0.141 e. The molecule has 2 aromatic rings. The average Bonchev–Trinajstić information content (AvgIpc) is 2.61. The molecule has 0 aliphatic rings. The fourth-order valence-electron chi connectivity index (χ4n) is 1.56. The van der Waals surface area contributed by atoms with Gasteiger partial charge in [-0.1, -0.05) is 33.6 Å². The first-order valence-corrected chi connectivity index (χ1v) is 7.74. The van der Waals surface area contributed by atoms with Gasteiger partial charge in [0.05, 0.1) is 13.6 Å². The van der Waals surface area contributed by atoms with Gasteiger partial charge in [0.15, 0.2) is 0 Å². The molecule has 90 valence electrons. The number of benzene rings is 1. The maximum Gasteiger partial charge on any atom is 0.141 e. The maximum absolute atomic E-state index is 13.1. The number of hydrogen-bond acceptors (Lipinski definition) is 1. The Morgan fingerprint density at radius 1 is 1.35 bits per heavy atom. The van der Waals surface area contributed by atoms with E-state index in [1.54, 1.807) is 23.5 Å². The van der Waals surface area contributed by atoms with Gasteiger partial charge in [0.1, 0.15) is 5.82 Å². The molecule has 0 radical (unpaired) electrons. The lowest BCUT2D eigenvalue weighted by Gasteiger charge is -2.10. The minimum Gasteiger partial charge on any atom is -0.205 e. The first kappa shape index (κ1) is 13.5. The number of aryl methyl sites for hydroxylation is 1. The molecule has 0 bridgehead atoms. The summed E-state index contributed by atoms with van der Waals surface area (Å²) in [6.45, 7) is 2.06. The van der Waals surface area contributed by atoms with Crippen molar-refractivity contribution in [2.75, 3.05) is 0 Å². The highest BCUT2D eigenvalue weighted by molar-refractivity contribution is 9.11. The van der Waals surface area contributed by atoms with Crippen LogP contribution < -0.4 is 0 Å². The highest BCUT2D eigenvalue weighted by Gasteiger charge is 2.16. The van der Waals surface area contributed by atoms with Gasteiger partial charge < -0.3 is 0 Å². The molecular weight excluding hydrogens is 390 g/mol. The molecular formula is C12H8Br2ClFS. The van der Waals surface area contributed by atoms with Crippen LogP contribution in [0.2, 0.25) is 5.02 Å². The highest BCUT2D eigenvalue weighted by Crippen LogP contribution is 2.39. The van der Waals surface area contributed by atoms with Crippen molar-refractivity contribution in [2.45, 2.75) is 11.8 Å². The van der Waals surface area contributed by atoms with Gasteiger partial charge in [-0.25, -0.2) is 4.39 Å². The van der Waals surface area contributed by atoms with Crippen LogP contribution in [0.4, 0.5) is 4.39 Å². The van der Waals surface area contributed by atoms with E-state index in [-0.39, 0.29) is 9.85 Å². The molecule has 0 aliphatic heterocycles. The monoisotopic (exact) mass is 396 g/mol. The number of alkyl halides is 1. The van der Waals surface area contributed by atoms with Crippen molar-refractivity contribution in [3.63, 3.8) is 0 Å². The van der Waals surface area contributed by atoms with Crippen LogP contribution in [0.15, 0.2) is 28.1 Å². The van der Waals surface area contributed by atoms with Crippen molar-refractivity contribution >= 4 is 54.8 Å². The van der Waals surface area contributed by atoms with Crippen molar-refractivity contribution in [1.82, 2.24) is 0 Å². The van der Waals surface area contributed by atoms with Gasteiger partial charge in [-0.2, -0.15) is 0 Å². The molecule has 1 heterocycles. The third-order valence-corrected chi connectivity index (χ3v) is 5.32. The third-order valence-electron chi connectivity index (χ3n) is 2.44. The van der Waals surface area contributed by atoms with Crippen LogP contribution in [0.3, 0.4) is 0 Å². The van der Waals surface area contributed by atoms with Gasteiger partial charge in [-0.3, -0.25) is 0 Å². The van der Waals surface area contributed by atoms with Crippen molar-refractivity contribution in [3.8, 4) is 0 Å². The summed E-state index contributed by atoms with van der Waals surface area (Å²) in [5.41, 5.74) is 2.12. The van der Waals surface area contributed by atoms with E-state index in [2.05, 4.69) is 44.8 Å². The largest absolute Gasteiger partial charge is 0.205 e. The highest BCUT2D eigenvalue weighted by atomic mass is 79.9. The van der Waals surface area contributed by atoms with E-state index >= 15 is 0 Å². The van der Waals surface area contributed by atoms with Gasteiger partial charge in [-0.05, 0) is 52.2 Å². The predicted octanol–water partition coefficient (Wildman–Crippen LogP) is 6.10. The molecule has 5 heteroatoms. The summed E-state index contributed by atoms with van der Waals surface area (Å²) in [6, 6.07) is 6.85. The Balaban J connectivity index is 2.40. The topological polar surface area (TPSA) is 0 Å². The van der Waals surface area contributed by atoms with Crippen LogP contribution in [0.5, 0.6) is 0 Å². The Labute approximate surface area is 125 Å². The second kappa shape index (κ2) is 5.39. The van der Waals surface area contributed by atoms with E-state index in [1.165, 1.54) is 16.5 Å². The summed E-state index contributed by atoms with van der Waals surface area (Å²) < 4.78 is 14.2. The first-order chi connectivity index (χ1) is 7.99. The zero-order valence-electron chi connectivity index (χ0n) is 8.81. The molecule has 1 aromatic carbocycles. The van der Waals surface area contributed by atoms with Crippen LogP contribution >= 0.6 is 54.8 Å². The number of thiophene rings is 1. The van der Waals surface area contributed by atoms with E-state index in [0.29, 0.717) is 0 Å². The minimum absolute atomic E-state index is 0.0307. The molecule has 0 N–H and O–H groups in total. The summed E-state index contributed by atoms with van der Waals surface area (Å²) in [4.78, 5) is 1.25. The Hall–Kier alpha value is 0.1000. The van der Waals surface area contributed by atoms with Crippen LogP contribution in [0, 0.1) is 12.7 Å². The zero-order chi connectivity index (χ0) is 12.6. The van der Waals surface area contributed by atoms with E-state index in [4.69, 9.17) is 11.6 Å². The van der Waals surface area contributed by atoms with Crippen LogP contribution in [0.25, 0.3) is 0 Å². The molecule has 0 amide bonds. The van der Waals surface area contributed by atoms with Crippen molar-refractivity contribution < 1.29 is 4.39 Å². The molecule has 0 nitrogen and oxygen atoms in total. The lowest BCUT2D eigenvalue weighted by atomic mass is 10.1. The number of halogens is 4. The van der Waals surface area contributed by atoms with E-state index in [0.717, 1.165) is 9.35 Å². The SMILES string of the molecule is Cc1sc(Br)cc1C(Br)c1ccc(F)c(Cl)c1. The van der Waals surface area contributed by atoms with Gasteiger partial charge in [0, 0.05) is 4.88 Å². The zero-order valence-corrected chi connectivity index (χ0v) is 13.6. The second-order valence-corrected chi connectivity index (χ2v) is 7.56. The molecule has 2 rings (SSSR count). The molecule has 17 heavy (non-hydrogen) atoms. The summed E-state index contributed by atoms with van der Waals surface area (Å²) in [5, 5.41) is 0.152. The third kappa shape index (κ3) is 2.92. The molecule has 0 aliphatic carbocycles. The van der Waals surface area contributed by atoms with Gasteiger partial charge in [0.2, 0.25) is 0 Å². The normalized spacial score (nSPS) is 12.8. The van der Waals surface area contributed by atoms with Gasteiger partial charge in [0.25, 0.3) is 0 Å². The lowest BCUT2D eigenvalue weighted by Crippen LogP contribution is -1.93. The number of rotatable bonds is 2. The average molecular weight is 399 g/mol. The fourth-order valence-corrected chi connectivity index (χ4v) is 4.41. The van der Waals surface area contributed by atoms with Crippen molar-refractivity contribution in [2.24, 2.45) is 0 Å². The summed E-state index contributed by atoms with van der Waals surface area (Å²) >= 11 is 14.6. The van der Waals surface area contributed by atoms with Crippen molar-refractivity contribution in [3.05, 3.63) is 54.9 Å². The van der Waals surface area contributed by atoms with Crippen molar-refractivity contribution in [1.29, 1.82) is 0 Å². The van der Waals surface area contributed by atoms with Gasteiger partial charge >= 0.3 is 0 Å². The Morgan fingerprint density at radius 3 is 2.59 bits per heavy atom. The number of hydrogen-bond donors (Lipinski definition) is 0. The Bertz CT molecular complexity index is 553. The Morgan fingerprint density at radius 2 is 2.06 bits per heavy atom. The van der Waals surface area contributed by atoms with E-state index < -0.39 is 5.82 Å². The Kier molecular flexibility index (Phi) is 4.29. The molecule has 1 atom stereocenters.